The van der Waals surface area contributed by atoms with Crippen LogP contribution in [0.2, 0.25) is 0 Å². The first-order chi connectivity index (χ1) is 13.4. The van der Waals surface area contributed by atoms with Gasteiger partial charge in [-0.15, -0.1) is 0 Å². The van der Waals surface area contributed by atoms with Gasteiger partial charge in [-0.05, 0) is 29.3 Å². The molecule has 3 aromatic rings. The summed E-state index contributed by atoms with van der Waals surface area (Å²) in [6, 6.07) is 16.8. The molecule has 1 atom stereocenters. The topological polar surface area (TPSA) is 98.5 Å². The predicted octanol–water partition coefficient (Wildman–Crippen LogP) is 4.03. The predicted molar refractivity (Wildman–Crippen MR) is 104 cm³/mol. The van der Waals surface area contributed by atoms with Crippen LogP contribution in [0.15, 0.2) is 60.7 Å². The van der Waals surface area contributed by atoms with Gasteiger partial charge in [0.15, 0.2) is 0 Å². The van der Waals surface area contributed by atoms with Crippen LogP contribution in [0.4, 0.5) is 5.69 Å². The lowest BCUT2D eigenvalue weighted by Gasteiger charge is -2.17. The van der Waals surface area contributed by atoms with Crippen LogP contribution >= 0.6 is 0 Å². The Morgan fingerprint density at radius 1 is 1.04 bits per heavy atom. The first-order valence-electron chi connectivity index (χ1n) is 8.57. The molecule has 7 heteroatoms. The smallest absolute Gasteiger partial charge is 0.338 e. The SMILES string of the molecule is COC(=O)c1cc(C(=O)NC(C)c2cccc3ccccc23)cc([N+](=O)[O-])c1. The Morgan fingerprint density at radius 2 is 1.71 bits per heavy atom. The first kappa shape index (κ1) is 19.0. The molecule has 1 N–H and O–H groups in total. The molecular formula is C21H18N2O5. The molecule has 0 fully saturated rings. The lowest BCUT2D eigenvalue weighted by molar-refractivity contribution is -0.384. The first-order valence-corrected chi connectivity index (χ1v) is 8.57. The van der Waals surface area contributed by atoms with Crippen LogP contribution < -0.4 is 5.32 Å². The maximum Gasteiger partial charge on any atom is 0.338 e. The highest BCUT2D eigenvalue weighted by Crippen LogP contribution is 2.25. The fourth-order valence-electron chi connectivity index (χ4n) is 3.07. The summed E-state index contributed by atoms with van der Waals surface area (Å²) >= 11 is 0. The van der Waals surface area contributed by atoms with Crippen LogP contribution in [0.1, 0.15) is 39.2 Å². The molecule has 3 aromatic carbocycles. The van der Waals surface area contributed by atoms with Gasteiger partial charge < -0.3 is 10.1 Å². The number of methoxy groups -OCH3 is 1. The number of amides is 1. The van der Waals surface area contributed by atoms with Crippen molar-refractivity contribution < 1.29 is 19.2 Å². The molecule has 7 nitrogen and oxygen atoms in total. The number of nitro groups is 1. The Hall–Kier alpha value is -3.74. The molecule has 142 valence electrons. The summed E-state index contributed by atoms with van der Waals surface area (Å²) < 4.78 is 4.61. The molecule has 1 amide bonds. The number of nitro benzene ring substituents is 1. The van der Waals surface area contributed by atoms with Gasteiger partial charge in [0.05, 0.1) is 23.6 Å². The molecule has 0 saturated heterocycles. The fraction of sp³-hybridized carbons (Fsp3) is 0.143. The van der Waals surface area contributed by atoms with Gasteiger partial charge in [0, 0.05) is 17.7 Å². The number of carbonyl (C=O) groups is 2. The van der Waals surface area contributed by atoms with Crippen LogP contribution in [0.5, 0.6) is 0 Å². The van der Waals surface area contributed by atoms with Gasteiger partial charge in [-0.25, -0.2) is 4.79 Å². The summed E-state index contributed by atoms with van der Waals surface area (Å²) in [7, 11) is 1.17. The highest BCUT2D eigenvalue weighted by molar-refractivity contribution is 5.99. The van der Waals surface area contributed by atoms with Gasteiger partial charge in [0.25, 0.3) is 11.6 Å². The van der Waals surface area contributed by atoms with E-state index >= 15 is 0 Å². The molecular weight excluding hydrogens is 360 g/mol. The molecule has 0 aliphatic heterocycles. The van der Waals surface area contributed by atoms with E-state index in [1.165, 1.54) is 13.2 Å². The van der Waals surface area contributed by atoms with E-state index in [0.29, 0.717) is 0 Å². The van der Waals surface area contributed by atoms with E-state index in [9.17, 15) is 19.7 Å². The summed E-state index contributed by atoms with van der Waals surface area (Å²) in [5, 5.41) is 16.0. The number of hydrogen-bond donors (Lipinski definition) is 1. The largest absolute Gasteiger partial charge is 0.465 e. The maximum absolute atomic E-state index is 12.7. The van der Waals surface area contributed by atoms with Crippen LogP contribution in [0, 0.1) is 10.1 Å². The van der Waals surface area contributed by atoms with Gasteiger partial charge in [-0.2, -0.15) is 0 Å². The average molecular weight is 378 g/mol. The lowest BCUT2D eigenvalue weighted by Crippen LogP contribution is -2.27. The second-order valence-electron chi connectivity index (χ2n) is 6.28. The fourth-order valence-corrected chi connectivity index (χ4v) is 3.07. The number of fused-ring (bicyclic) bond motifs is 1. The molecule has 0 spiro atoms. The summed E-state index contributed by atoms with van der Waals surface area (Å²) in [6.07, 6.45) is 0. The van der Waals surface area contributed by atoms with Crippen LogP contribution in [-0.2, 0) is 4.74 Å². The van der Waals surface area contributed by atoms with Crippen LogP contribution in [0.25, 0.3) is 10.8 Å². The van der Waals surface area contributed by atoms with Gasteiger partial charge >= 0.3 is 5.97 Å². The molecule has 28 heavy (non-hydrogen) atoms. The van der Waals surface area contributed by atoms with Gasteiger partial charge in [0.1, 0.15) is 0 Å². The third kappa shape index (κ3) is 3.83. The number of non-ortho nitro benzene ring substituents is 1. The van der Waals surface area contributed by atoms with Crippen molar-refractivity contribution in [3.05, 3.63) is 87.5 Å². The third-order valence-electron chi connectivity index (χ3n) is 4.45. The van der Waals surface area contributed by atoms with E-state index in [1.807, 2.05) is 49.4 Å². The van der Waals surface area contributed by atoms with E-state index in [0.717, 1.165) is 28.5 Å². The summed E-state index contributed by atoms with van der Waals surface area (Å²) in [5.74, 6) is -1.27. The molecule has 0 aromatic heterocycles. The van der Waals surface area contributed by atoms with Crippen molar-refractivity contribution in [1.82, 2.24) is 5.32 Å². The molecule has 0 radical (unpaired) electrons. The Kier molecular flexibility index (Phi) is 5.35. The van der Waals surface area contributed by atoms with Crippen molar-refractivity contribution in [3.8, 4) is 0 Å². The Labute approximate surface area is 161 Å². The number of esters is 1. The van der Waals surface area contributed by atoms with Crippen molar-refractivity contribution in [3.63, 3.8) is 0 Å². The molecule has 0 saturated carbocycles. The standard InChI is InChI=1S/C21H18N2O5/c1-13(18-9-5-7-14-6-3-4-8-19(14)18)22-20(24)15-10-16(21(25)28-2)12-17(11-15)23(26)27/h3-13H,1-2H3,(H,22,24). The minimum absolute atomic E-state index is 0.0155. The van der Waals surface area contributed by atoms with Gasteiger partial charge in [-0.1, -0.05) is 42.5 Å². The highest BCUT2D eigenvalue weighted by atomic mass is 16.6. The van der Waals surface area contributed by atoms with E-state index < -0.39 is 16.8 Å². The molecule has 0 heterocycles. The van der Waals surface area contributed by atoms with E-state index in [1.54, 1.807) is 0 Å². The molecule has 0 aliphatic rings. The zero-order chi connectivity index (χ0) is 20.3. The number of hydrogen-bond acceptors (Lipinski definition) is 5. The van der Waals surface area contributed by atoms with Crippen molar-refractivity contribution in [1.29, 1.82) is 0 Å². The number of ether oxygens (including phenoxy) is 1. The zero-order valence-corrected chi connectivity index (χ0v) is 15.3. The summed E-state index contributed by atoms with van der Waals surface area (Å²) in [6.45, 7) is 1.83. The number of benzene rings is 3. The Morgan fingerprint density at radius 3 is 2.43 bits per heavy atom. The van der Waals surface area contributed by atoms with Crippen molar-refractivity contribution >= 4 is 28.3 Å². The normalized spacial score (nSPS) is 11.6. The minimum Gasteiger partial charge on any atom is -0.465 e. The molecule has 3 rings (SSSR count). The highest BCUT2D eigenvalue weighted by Gasteiger charge is 2.20. The number of rotatable bonds is 5. The minimum atomic E-state index is -0.750. The van der Waals surface area contributed by atoms with Crippen molar-refractivity contribution in [2.45, 2.75) is 13.0 Å². The second-order valence-corrected chi connectivity index (χ2v) is 6.28. The molecule has 1 unspecified atom stereocenters. The monoisotopic (exact) mass is 378 g/mol. The van der Waals surface area contributed by atoms with E-state index in [-0.39, 0.29) is 22.9 Å². The van der Waals surface area contributed by atoms with Gasteiger partial charge in [-0.3, -0.25) is 14.9 Å². The van der Waals surface area contributed by atoms with Crippen molar-refractivity contribution in [2.75, 3.05) is 7.11 Å². The molecule has 0 bridgehead atoms. The van der Waals surface area contributed by atoms with E-state index in [4.69, 9.17) is 0 Å². The lowest BCUT2D eigenvalue weighted by atomic mass is 9.99. The average Bonchev–Trinajstić information content (AvgIpc) is 2.72. The second kappa shape index (κ2) is 7.87. The number of carbonyl (C=O) groups excluding carboxylic acids is 2. The summed E-state index contributed by atoms with van der Waals surface area (Å²) in [4.78, 5) is 35.0. The van der Waals surface area contributed by atoms with Crippen LogP contribution in [0.3, 0.4) is 0 Å². The Bertz CT molecular complexity index is 1070. The Balaban J connectivity index is 1.92. The molecule has 0 aliphatic carbocycles. The summed E-state index contributed by atoms with van der Waals surface area (Å²) in [5.41, 5.74) is 0.525. The van der Waals surface area contributed by atoms with Gasteiger partial charge in [0.2, 0.25) is 0 Å². The maximum atomic E-state index is 12.7. The zero-order valence-electron chi connectivity index (χ0n) is 15.3. The van der Waals surface area contributed by atoms with E-state index in [2.05, 4.69) is 10.1 Å². The van der Waals surface area contributed by atoms with Crippen molar-refractivity contribution in [2.24, 2.45) is 0 Å². The quantitative estimate of drug-likeness (QED) is 0.411. The number of nitrogens with one attached hydrogen (secondary N) is 1. The van der Waals surface area contributed by atoms with Crippen LogP contribution in [-0.4, -0.2) is 23.9 Å². The number of nitrogens with zero attached hydrogens (tertiary/aromatic N) is 1. The third-order valence-corrected chi connectivity index (χ3v) is 4.45.